The van der Waals surface area contributed by atoms with Crippen LogP contribution in [0, 0.1) is 23.7 Å². The number of ether oxygens (including phenoxy) is 4. The van der Waals surface area contributed by atoms with Crippen LogP contribution >= 0.6 is 15.6 Å². The number of aliphatic hydroxyl groups is 1. The van der Waals surface area contributed by atoms with Crippen molar-refractivity contribution in [2.24, 2.45) is 23.7 Å². The van der Waals surface area contributed by atoms with Gasteiger partial charge in [-0.05, 0) is 49.4 Å². The van der Waals surface area contributed by atoms with E-state index in [0.29, 0.717) is 37.5 Å². The van der Waals surface area contributed by atoms with Gasteiger partial charge in [-0.1, -0.05) is 325 Å². The van der Waals surface area contributed by atoms with Crippen LogP contribution in [0.4, 0.5) is 0 Å². The second-order valence-electron chi connectivity index (χ2n) is 28.9. The van der Waals surface area contributed by atoms with Crippen LogP contribution in [-0.2, 0) is 65.4 Å². The number of phosphoric ester groups is 2. The summed E-state index contributed by atoms with van der Waals surface area (Å²) in [5.41, 5.74) is 0. The molecule has 3 N–H and O–H groups in total. The molecule has 3 unspecified atom stereocenters. The minimum absolute atomic E-state index is 0.103. The van der Waals surface area contributed by atoms with Crippen molar-refractivity contribution >= 4 is 39.5 Å². The number of esters is 4. The molecule has 0 spiro atoms. The van der Waals surface area contributed by atoms with Crippen molar-refractivity contribution in [1.29, 1.82) is 0 Å². The number of carbonyl (C=O) groups excluding carboxylic acids is 4. The largest absolute Gasteiger partial charge is 0.472 e. The molecule has 0 heterocycles. The summed E-state index contributed by atoms with van der Waals surface area (Å²) in [4.78, 5) is 72.7. The molecule has 0 amide bonds. The van der Waals surface area contributed by atoms with Gasteiger partial charge in [-0.25, -0.2) is 9.13 Å². The molecular formula is C75H146O17P2. The van der Waals surface area contributed by atoms with Crippen molar-refractivity contribution in [3.63, 3.8) is 0 Å². The van der Waals surface area contributed by atoms with Gasteiger partial charge in [0.15, 0.2) is 12.2 Å². The second kappa shape index (κ2) is 64.4. The quantitative estimate of drug-likeness (QED) is 0.0222. The zero-order valence-corrected chi connectivity index (χ0v) is 63.4. The van der Waals surface area contributed by atoms with Crippen LogP contribution in [0.25, 0.3) is 0 Å². The Morgan fingerprint density at radius 2 is 0.447 bits per heavy atom. The van der Waals surface area contributed by atoms with Crippen molar-refractivity contribution in [1.82, 2.24) is 0 Å². The van der Waals surface area contributed by atoms with Gasteiger partial charge in [-0.2, -0.15) is 0 Å². The standard InChI is InChI=1S/C75H146O17P2/c1-65(2)51-43-35-27-21-17-13-11-9-10-12-14-19-23-31-39-47-55-72(77)85-61-71(92-75(80)58-50-42-34-26-30-38-46-54-68(7)8)64-90-94(83,84)88-60-69(76)59-87-93(81,82)89-63-70(62-86-73(78)56-48-40-33-25-29-37-45-53-67(5)6)91-74(79)57-49-41-32-24-20-16-15-18-22-28-36-44-52-66(3)4/h65-71,76H,9-64H2,1-8H3,(H,81,82)(H,83,84)/t69?,70-,71-/m1/s1. The van der Waals surface area contributed by atoms with Crippen molar-refractivity contribution < 1.29 is 80.2 Å². The monoisotopic (exact) mass is 1380 g/mol. The maximum atomic E-state index is 13.0. The van der Waals surface area contributed by atoms with E-state index in [1.807, 2.05) is 0 Å². The van der Waals surface area contributed by atoms with Gasteiger partial charge in [0, 0.05) is 25.7 Å². The normalized spacial score (nSPS) is 14.2. The fourth-order valence-electron chi connectivity index (χ4n) is 11.4. The van der Waals surface area contributed by atoms with Crippen LogP contribution in [0.5, 0.6) is 0 Å². The van der Waals surface area contributed by atoms with Crippen LogP contribution in [0.1, 0.15) is 376 Å². The Bertz CT molecular complexity index is 1850. The summed E-state index contributed by atoms with van der Waals surface area (Å²) in [7, 11) is -9.91. The lowest BCUT2D eigenvalue weighted by Gasteiger charge is -2.21. The first kappa shape index (κ1) is 92.1. The zero-order chi connectivity index (χ0) is 69.6. The minimum atomic E-state index is -4.95. The third-order valence-corrected chi connectivity index (χ3v) is 19.2. The topological polar surface area (TPSA) is 237 Å². The molecule has 0 aliphatic rings. The minimum Gasteiger partial charge on any atom is -0.462 e. The molecule has 0 aromatic heterocycles. The summed E-state index contributed by atoms with van der Waals surface area (Å²) < 4.78 is 68.4. The first-order chi connectivity index (χ1) is 45.1. The van der Waals surface area contributed by atoms with E-state index in [1.54, 1.807) is 0 Å². The van der Waals surface area contributed by atoms with E-state index < -0.39 is 97.5 Å². The van der Waals surface area contributed by atoms with Gasteiger partial charge in [0.2, 0.25) is 0 Å². The molecule has 0 fully saturated rings. The third kappa shape index (κ3) is 68.6. The number of aliphatic hydroxyl groups excluding tert-OH is 1. The highest BCUT2D eigenvalue weighted by Gasteiger charge is 2.30. The molecule has 0 aromatic carbocycles. The first-order valence-corrected chi connectivity index (χ1v) is 41.7. The molecule has 0 radical (unpaired) electrons. The molecule has 0 aliphatic carbocycles. The molecule has 0 saturated heterocycles. The van der Waals surface area contributed by atoms with E-state index in [9.17, 15) is 43.2 Å². The number of carbonyl (C=O) groups is 4. The summed E-state index contributed by atoms with van der Waals surface area (Å²) >= 11 is 0. The molecule has 558 valence electrons. The zero-order valence-electron chi connectivity index (χ0n) is 61.6. The predicted octanol–water partition coefficient (Wildman–Crippen LogP) is 21.7. The van der Waals surface area contributed by atoms with Gasteiger partial charge < -0.3 is 33.8 Å². The highest BCUT2D eigenvalue weighted by molar-refractivity contribution is 7.47. The van der Waals surface area contributed by atoms with Gasteiger partial charge in [-0.15, -0.1) is 0 Å². The Morgan fingerprint density at radius 3 is 0.660 bits per heavy atom. The maximum absolute atomic E-state index is 13.0. The highest BCUT2D eigenvalue weighted by Crippen LogP contribution is 2.45. The number of hydrogen-bond donors (Lipinski definition) is 3. The van der Waals surface area contributed by atoms with E-state index in [2.05, 4.69) is 55.4 Å². The molecule has 0 bridgehead atoms. The fourth-order valence-corrected chi connectivity index (χ4v) is 13.0. The average Bonchev–Trinajstić information content (AvgIpc) is 1.47. The molecule has 0 aromatic rings. The van der Waals surface area contributed by atoms with Crippen molar-refractivity contribution in [2.75, 3.05) is 39.6 Å². The van der Waals surface area contributed by atoms with Gasteiger partial charge in [0.25, 0.3) is 0 Å². The van der Waals surface area contributed by atoms with E-state index in [1.165, 1.54) is 173 Å². The van der Waals surface area contributed by atoms with Crippen LogP contribution in [0.15, 0.2) is 0 Å². The first-order valence-electron chi connectivity index (χ1n) is 38.7. The van der Waals surface area contributed by atoms with Gasteiger partial charge >= 0.3 is 39.5 Å². The molecular weight excluding hydrogens is 1230 g/mol. The smallest absolute Gasteiger partial charge is 0.462 e. The molecule has 0 saturated carbocycles. The van der Waals surface area contributed by atoms with Crippen molar-refractivity contribution in [3.05, 3.63) is 0 Å². The Morgan fingerprint density at radius 1 is 0.266 bits per heavy atom. The molecule has 19 heteroatoms. The van der Waals surface area contributed by atoms with Crippen LogP contribution < -0.4 is 0 Å². The lowest BCUT2D eigenvalue weighted by molar-refractivity contribution is -0.161. The third-order valence-electron chi connectivity index (χ3n) is 17.3. The fraction of sp³-hybridized carbons (Fsp3) is 0.947. The summed E-state index contributed by atoms with van der Waals surface area (Å²) in [5, 5.41) is 10.6. The van der Waals surface area contributed by atoms with Gasteiger partial charge in [0.05, 0.1) is 26.4 Å². The number of hydrogen-bond acceptors (Lipinski definition) is 15. The predicted molar refractivity (Wildman–Crippen MR) is 381 cm³/mol. The van der Waals surface area contributed by atoms with Crippen LogP contribution in [0.3, 0.4) is 0 Å². The Hall–Kier alpha value is -1.94. The Labute approximate surface area is 575 Å². The van der Waals surface area contributed by atoms with Gasteiger partial charge in [0.1, 0.15) is 19.3 Å². The van der Waals surface area contributed by atoms with E-state index in [-0.39, 0.29) is 25.7 Å². The number of rotatable bonds is 72. The molecule has 0 aliphatic heterocycles. The number of unbranched alkanes of at least 4 members (excludes halogenated alkanes) is 38. The summed E-state index contributed by atoms with van der Waals surface area (Å²) in [6, 6.07) is 0. The summed E-state index contributed by atoms with van der Waals surface area (Å²) in [6.07, 6.45) is 48.8. The lowest BCUT2D eigenvalue weighted by atomic mass is 10.0. The van der Waals surface area contributed by atoms with Gasteiger partial charge in [-0.3, -0.25) is 37.3 Å². The second-order valence-corrected chi connectivity index (χ2v) is 31.9. The average molecular weight is 1380 g/mol. The molecule has 17 nitrogen and oxygen atoms in total. The Balaban J connectivity index is 5.18. The van der Waals surface area contributed by atoms with Crippen LogP contribution in [-0.4, -0.2) is 96.7 Å². The molecule has 0 rings (SSSR count). The van der Waals surface area contributed by atoms with E-state index >= 15 is 0 Å². The maximum Gasteiger partial charge on any atom is 0.472 e. The van der Waals surface area contributed by atoms with Crippen LogP contribution in [0.2, 0.25) is 0 Å². The number of phosphoric acid groups is 2. The van der Waals surface area contributed by atoms with Crippen molar-refractivity contribution in [3.8, 4) is 0 Å². The SMILES string of the molecule is CC(C)CCCCCCCCCCCCCCCCCCC(=O)OC[C@H](COP(=O)(O)OCC(O)COP(=O)(O)OC[C@@H](COC(=O)CCCCCCCCCC(C)C)OC(=O)CCCCCCCCCCCCCCC(C)C)OC(=O)CCCCCCCCCC(C)C. The van der Waals surface area contributed by atoms with E-state index in [0.717, 1.165) is 108 Å². The summed E-state index contributed by atoms with van der Waals surface area (Å²) in [5.74, 6) is 0.864. The lowest BCUT2D eigenvalue weighted by Crippen LogP contribution is -2.30. The Kier molecular flexibility index (Phi) is 63.1. The molecule has 5 atom stereocenters. The van der Waals surface area contributed by atoms with E-state index in [4.69, 9.17) is 37.0 Å². The van der Waals surface area contributed by atoms with Crippen molar-refractivity contribution in [2.45, 2.75) is 395 Å². The molecule has 94 heavy (non-hydrogen) atoms. The highest BCUT2D eigenvalue weighted by atomic mass is 31.2. The summed E-state index contributed by atoms with van der Waals surface area (Å²) in [6.45, 7) is 14.1.